The molecule has 0 amide bonds. The van der Waals surface area contributed by atoms with Crippen LogP contribution in [0.3, 0.4) is 0 Å². The average molecular weight is 235 g/mol. The van der Waals surface area contributed by atoms with Crippen LogP contribution in [0.25, 0.3) is 0 Å². The number of hydrogen-bond acceptors (Lipinski definition) is 4. The van der Waals surface area contributed by atoms with E-state index in [0.29, 0.717) is 19.0 Å². The van der Waals surface area contributed by atoms with Crippen molar-refractivity contribution in [2.45, 2.75) is 45.1 Å². The highest BCUT2D eigenvalue weighted by Crippen LogP contribution is 2.30. The van der Waals surface area contributed by atoms with E-state index in [0.717, 1.165) is 24.4 Å². The molecule has 0 bridgehead atoms. The van der Waals surface area contributed by atoms with E-state index in [1.807, 2.05) is 6.07 Å². The van der Waals surface area contributed by atoms with Gasteiger partial charge in [0.25, 0.3) is 0 Å². The summed E-state index contributed by atoms with van der Waals surface area (Å²) in [6.07, 6.45) is 3.50. The van der Waals surface area contributed by atoms with Gasteiger partial charge in [0.15, 0.2) is 0 Å². The summed E-state index contributed by atoms with van der Waals surface area (Å²) >= 11 is 0. The molecule has 94 valence electrons. The Morgan fingerprint density at radius 3 is 2.71 bits per heavy atom. The Bertz CT molecular complexity index is 386. The lowest BCUT2D eigenvalue weighted by atomic mass is 9.89. The van der Waals surface area contributed by atoms with E-state index in [-0.39, 0.29) is 0 Å². The molecule has 0 radical (unpaired) electrons. The molecule has 0 spiro atoms. The number of aliphatic hydroxyl groups is 1. The van der Waals surface area contributed by atoms with Gasteiger partial charge in [-0.1, -0.05) is 27.2 Å². The van der Waals surface area contributed by atoms with Crippen molar-refractivity contribution in [2.75, 3.05) is 18.0 Å². The third kappa shape index (κ3) is 2.57. The predicted molar refractivity (Wildman–Crippen MR) is 68.2 cm³/mol. The predicted octanol–water partition coefficient (Wildman–Crippen LogP) is 1.95. The van der Waals surface area contributed by atoms with E-state index in [4.69, 9.17) is 0 Å². The third-order valence-corrected chi connectivity index (χ3v) is 3.28. The third-order valence-electron chi connectivity index (χ3n) is 3.28. The van der Waals surface area contributed by atoms with Crippen molar-refractivity contribution in [3.63, 3.8) is 0 Å². The molecule has 0 aromatic carbocycles. The minimum absolute atomic E-state index is 0.410. The molecule has 0 unspecified atom stereocenters. The molecule has 2 heterocycles. The van der Waals surface area contributed by atoms with Crippen molar-refractivity contribution in [1.82, 2.24) is 9.97 Å². The second-order valence-corrected chi connectivity index (χ2v) is 5.29. The zero-order valence-electron chi connectivity index (χ0n) is 10.8. The monoisotopic (exact) mass is 235 g/mol. The Morgan fingerprint density at radius 2 is 2.12 bits per heavy atom. The quantitative estimate of drug-likeness (QED) is 0.866. The molecule has 1 fully saturated rings. The Balaban J connectivity index is 2.03. The molecule has 1 aliphatic rings. The van der Waals surface area contributed by atoms with Gasteiger partial charge >= 0.3 is 0 Å². The summed E-state index contributed by atoms with van der Waals surface area (Å²) in [4.78, 5) is 10.6. The molecule has 0 atom stereocenters. The summed E-state index contributed by atoms with van der Waals surface area (Å²) < 4.78 is 0. The largest absolute Gasteiger partial charge is 0.386 e. The standard InChI is InChI=1S/C13H21N3O/c1-4-5-13(17)7-16(8-13)12-6-11(10(2)3)14-9-15-12/h6,9-10,17H,4-5,7-8H2,1-3H3. The minimum atomic E-state index is -0.502. The van der Waals surface area contributed by atoms with Gasteiger partial charge in [0, 0.05) is 24.8 Å². The van der Waals surface area contributed by atoms with Crippen molar-refractivity contribution in [3.8, 4) is 0 Å². The number of hydrogen-bond donors (Lipinski definition) is 1. The highest BCUT2D eigenvalue weighted by molar-refractivity contribution is 5.44. The summed E-state index contributed by atoms with van der Waals surface area (Å²) in [5.41, 5.74) is 0.554. The van der Waals surface area contributed by atoms with Crippen molar-refractivity contribution in [3.05, 3.63) is 18.1 Å². The molecule has 1 aromatic rings. The van der Waals surface area contributed by atoms with Crippen LogP contribution in [0.15, 0.2) is 12.4 Å². The van der Waals surface area contributed by atoms with Crippen LogP contribution in [0.2, 0.25) is 0 Å². The number of β-amino-alcohol motifs (C(OH)–C–C–N with tert-alkyl or cyclic N) is 1. The maximum Gasteiger partial charge on any atom is 0.132 e. The molecule has 0 saturated carbocycles. The van der Waals surface area contributed by atoms with Gasteiger partial charge in [0.05, 0.1) is 5.60 Å². The molecule has 1 N–H and O–H groups in total. The lowest BCUT2D eigenvalue weighted by molar-refractivity contribution is 0.00292. The zero-order valence-corrected chi connectivity index (χ0v) is 10.8. The van der Waals surface area contributed by atoms with Gasteiger partial charge in [0.1, 0.15) is 12.1 Å². The number of nitrogens with zero attached hydrogens (tertiary/aromatic N) is 3. The van der Waals surface area contributed by atoms with E-state index in [1.54, 1.807) is 6.33 Å². The van der Waals surface area contributed by atoms with Crippen molar-refractivity contribution in [2.24, 2.45) is 0 Å². The van der Waals surface area contributed by atoms with Gasteiger partial charge in [0.2, 0.25) is 0 Å². The van der Waals surface area contributed by atoms with Crippen molar-refractivity contribution >= 4 is 5.82 Å². The fourth-order valence-corrected chi connectivity index (χ4v) is 2.30. The highest BCUT2D eigenvalue weighted by atomic mass is 16.3. The van der Waals surface area contributed by atoms with E-state index in [2.05, 4.69) is 35.6 Å². The van der Waals surface area contributed by atoms with E-state index < -0.39 is 5.60 Å². The first-order valence-corrected chi connectivity index (χ1v) is 6.33. The van der Waals surface area contributed by atoms with Crippen LogP contribution in [-0.4, -0.2) is 33.8 Å². The van der Waals surface area contributed by atoms with Gasteiger partial charge in [-0.05, 0) is 12.3 Å². The van der Waals surface area contributed by atoms with Crippen LogP contribution >= 0.6 is 0 Å². The SMILES string of the molecule is CCCC1(O)CN(c2cc(C(C)C)ncn2)C1. The van der Waals surface area contributed by atoms with Crippen LogP contribution in [-0.2, 0) is 0 Å². The van der Waals surface area contributed by atoms with Crippen LogP contribution in [0.1, 0.15) is 45.2 Å². The fourth-order valence-electron chi connectivity index (χ4n) is 2.30. The van der Waals surface area contributed by atoms with Crippen LogP contribution in [0.4, 0.5) is 5.82 Å². The van der Waals surface area contributed by atoms with Crippen molar-refractivity contribution < 1.29 is 5.11 Å². The fraction of sp³-hybridized carbons (Fsp3) is 0.692. The maximum atomic E-state index is 10.1. The molecule has 1 aromatic heterocycles. The summed E-state index contributed by atoms with van der Waals surface area (Å²) in [5.74, 6) is 1.34. The van der Waals surface area contributed by atoms with Crippen molar-refractivity contribution in [1.29, 1.82) is 0 Å². The second kappa shape index (κ2) is 4.61. The van der Waals surface area contributed by atoms with Crippen LogP contribution in [0.5, 0.6) is 0 Å². The zero-order chi connectivity index (χ0) is 12.5. The lowest BCUT2D eigenvalue weighted by Gasteiger charge is -2.47. The van der Waals surface area contributed by atoms with Gasteiger partial charge in [-0.3, -0.25) is 0 Å². The molecule has 4 nitrogen and oxygen atoms in total. The van der Waals surface area contributed by atoms with Gasteiger partial charge < -0.3 is 10.0 Å². The highest BCUT2D eigenvalue weighted by Gasteiger charge is 2.40. The number of anilines is 1. The van der Waals surface area contributed by atoms with Gasteiger partial charge in [-0.2, -0.15) is 0 Å². The molecule has 2 rings (SSSR count). The summed E-state index contributed by atoms with van der Waals surface area (Å²) in [7, 11) is 0. The Hall–Kier alpha value is -1.16. The molecular weight excluding hydrogens is 214 g/mol. The molecular formula is C13H21N3O. The minimum Gasteiger partial charge on any atom is -0.386 e. The second-order valence-electron chi connectivity index (χ2n) is 5.29. The van der Waals surface area contributed by atoms with E-state index in [9.17, 15) is 5.11 Å². The molecule has 1 aliphatic heterocycles. The summed E-state index contributed by atoms with van der Waals surface area (Å²) in [5, 5.41) is 10.1. The van der Waals surface area contributed by atoms with Gasteiger partial charge in [-0.15, -0.1) is 0 Å². The molecule has 17 heavy (non-hydrogen) atoms. The number of rotatable bonds is 4. The maximum absolute atomic E-state index is 10.1. The first kappa shape index (κ1) is 12.3. The summed E-state index contributed by atoms with van der Waals surface area (Å²) in [6.45, 7) is 7.72. The average Bonchev–Trinajstić information content (AvgIpc) is 2.26. The van der Waals surface area contributed by atoms with E-state index in [1.165, 1.54) is 0 Å². The topological polar surface area (TPSA) is 49.2 Å². The molecule has 1 saturated heterocycles. The first-order chi connectivity index (χ1) is 8.04. The normalized spacial score (nSPS) is 18.3. The van der Waals surface area contributed by atoms with Gasteiger partial charge in [-0.25, -0.2) is 9.97 Å². The number of aromatic nitrogens is 2. The first-order valence-electron chi connectivity index (χ1n) is 6.33. The Morgan fingerprint density at radius 1 is 1.41 bits per heavy atom. The van der Waals surface area contributed by atoms with Crippen LogP contribution in [0, 0.1) is 0 Å². The lowest BCUT2D eigenvalue weighted by Crippen LogP contribution is -2.62. The van der Waals surface area contributed by atoms with Crippen LogP contribution < -0.4 is 4.90 Å². The Kier molecular flexibility index (Phi) is 3.33. The Labute approximate surface area is 103 Å². The molecule has 4 heteroatoms. The summed E-state index contributed by atoms with van der Waals surface area (Å²) in [6, 6.07) is 2.02. The van der Waals surface area contributed by atoms with E-state index >= 15 is 0 Å². The molecule has 0 aliphatic carbocycles. The smallest absolute Gasteiger partial charge is 0.132 e.